The Labute approximate surface area is 155 Å². The molecule has 1 fully saturated rings. The molecule has 0 spiro atoms. The average molecular weight is 364 g/mol. The van der Waals surface area contributed by atoms with Crippen molar-refractivity contribution >= 4 is 29.3 Å². The number of aliphatic carboxylic acids is 1. The summed E-state index contributed by atoms with van der Waals surface area (Å²) < 4.78 is 0. The molecule has 0 bridgehead atoms. The van der Waals surface area contributed by atoms with Crippen LogP contribution in [0.3, 0.4) is 0 Å². The van der Waals surface area contributed by atoms with Gasteiger partial charge in [0.25, 0.3) is 0 Å². The van der Waals surface area contributed by atoms with E-state index in [1.807, 2.05) is 24.9 Å². The monoisotopic (exact) mass is 363 g/mol. The third kappa shape index (κ3) is 4.91. The van der Waals surface area contributed by atoms with Gasteiger partial charge in [-0.1, -0.05) is 18.2 Å². The lowest BCUT2D eigenvalue weighted by molar-refractivity contribution is -0.138. The molecule has 1 aliphatic rings. The van der Waals surface area contributed by atoms with E-state index in [0.717, 1.165) is 43.7 Å². The number of hydrogen-bond donors (Lipinski definition) is 1. The molecule has 2 heterocycles. The number of nitrogens with zero attached hydrogens (tertiary/aromatic N) is 3. The molecular weight excluding hydrogens is 338 g/mol. The first-order valence-corrected chi connectivity index (χ1v) is 8.52. The number of rotatable bonds is 5. The normalized spacial score (nSPS) is 16.1. The Bertz CT molecular complexity index is 730. The van der Waals surface area contributed by atoms with Crippen LogP contribution in [0.25, 0.3) is 10.9 Å². The van der Waals surface area contributed by atoms with Crippen LogP contribution in [0.5, 0.6) is 0 Å². The molecule has 0 saturated carbocycles. The zero-order chi connectivity index (χ0) is 17.1. The van der Waals surface area contributed by atoms with Gasteiger partial charge >= 0.3 is 5.97 Å². The molecule has 0 aliphatic carbocycles. The van der Waals surface area contributed by atoms with Gasteiger partial charge < -0.3 is 5.11 Å². The molecule has 136 valence electrons. The summed E-state index contributed by atoms with van der Waals surface area (Å²) in [5.41, 5.74) is 3.44. The van der Waals surface area contributed by atoms with Gasteiger partial charge in [-0.3, -0.25) is 19.6 Å². The number of pyridine rings is 1. The molecule has 5 nitrogen and oxygen atoms in total. The number of aromatic nitrogens is 1. The van der Waals surface area contributed by atoms with Gasteiger partial charge in [-0.05, 0) is 57.6 Å². The van der Waals surface area contributed by atoms with Crippen molar-refractivity contribution in [2.75, 3.05) is 26.7 Å². The quantitative estimate of drug-likeness (QED) is 0.885. The van der Waals surface area contributed by atoms with Gasteiger partial charge in [0.15, 0.2) is 0 Å². The standard InChI is InChI=1S/C19H25N3O2.ClH/c1-14-11-15(17-5-3-4-6-18(17)20-14)12-22-9-7-16(8-10-22)21(2)13-19(23)24;/h3-6,11,16H,7-10,12-13H2,1-2H3,(H,23,24);1H. The van der Waals surface area contributed by atoms with E-state index in [1.54, 1.807) is 0 Å². The molecular formula is C19H26ClN3O2. The van der Waals surface area contributed by atoms with Crippen molar-refractivity contribution in [1.29, 1.82) is 0 Å². The molecule has 0 atom stereocenters. The van der Waals surface area contributed by atoms with E-state index in [4.69, 9.17) is 5.11 Å². The summed E-state index contributed by atoms with van der Waals surface area (Å²) in [6, 6.07) is 10.9. The minimum Gasteiger partial charge on any atom is -0.480 e. The van der Waals surface area contributed by atoms with Crippen LogP contribution in [0.4, 0.5) is 0 Å². The van der Waals surface area contributed by atoms with Crippen molar-refractivity contribution in [1.82, 2.24) is 14.8 Å². The number of para-hydroxylation sites is 1. The number of likely N-dealkylation sites (N-methyl/N-ethyl adjacent to an activating group) is 1. The summed E-state index contributed by atoms with van der Waals surface area (Å²) in [7, 11) is 1.91. The summed E-state index contributed by atoms with van der Waals surface area (Å²) in [6.45, 7) is 5.11. The Morgan fingerprint density at radius 2 is 2.00 bits per heavy atom. The maximum absolute atomic E-state index is 10.9. The van der Waals surface area contributed by atoms with E-state index >= 15 is 0 Å². The number of carboxylic acid groups (broad SMARTS) is 1. The molecule has 1 aliphatic heterocycles. The lowest BCUT2D eigenvalue weighted by Crippen LogP contribution is -2.44. The highest BCUT2D eigenvalue weighted by Crippen LogP contribution is 2.22. The van der Waals surface area contributed by atoms with E-state index in [1.165, 1.54) is 10.9 Å². The second-order valence-electron chi connectivity index (χ2n) is 6.76. The van der Waals surface area contributed by atoms with Gasteiger partial charge in [0.2, 0.25) is 0 Å². The Kier molecular flexibility index (Phi) is 6.76. The molecule has 3 rings (SSSR count). The van der Waals surface area contributed by atoms with Gasteiger partial charge in [-0.25, -0.2) is 0 Å². The lowest BCUT2D eigenvalue weighted by Gasteiger charge is -2.36. The lowest BCUT2D eigenvalue weighted by atomic mass is 10.0. The molecule has 1 aromatic heterocycles. The first-order chi connectivity index (χ1) is 11.5. The fourth-order valence-electron chi connectivity index (χ4n) is 3.63. The van der Waals surface area contributed by atoms with Crippen LogP contribution in [0.2, 0.25) is 0 Å². The Morgan fingerprint density at radius 1 is 1.32 bits per heavy atom. The Balaban J connectivity index is 0.00000225. The largest absolute Gasteiger partial charge is 0.480 e. The summed E-state index contributed by atoms with van der Waals surface area (Å²) in [5.74, 6) is -0.751. The molecule has 1 aromatic carbocycles. The van der Waals surface area contributed by atoms with E-state index < -0.39 is 5.97 Å². The predicted octanol–water partition coefficient (Wildman–Crippen LogP) is 2.95. The van der Waals surface area contributed by atoms with Crippen molar-refractivity contribution in [3.05, 3.63) is 41.6 Å². The number of halogens is 1. The topological polar surface area (TPSA) is 56.7 Å². The highest BCUT2D eigenvalue weighted by atomic mass is 35.5. The second-order valence-corrected chi connectivity index (χ2v) is 6.76. The number of piperidine rings is 1. The van der Waals surface area contributed by atoms with Crippen LogP contribution in [-0.2, 0) is 11.3 Å². The smallest absolute Gasteiger partial charge is 0.317 e. The minimum atomic E-state index is -0.751. The van der Waals surface area contributed by atoms with E-state index in [2.05, 4.69) is 34.1 Å². The van der Waals surface area contributed by atoms with E-state index in [0.29, 0.717) is 6.04 Å². The molecule has 0 radical (unpaired) electrons. The van der Waals surface area contributed by atoms with Crippen molar-refractivity contribution in [2.45, 2.75) is 32.4 Å². The molecule has 6 heteroatoms. The number of hydrogen-bond acceptors (Lipinski definition) is 4. The maximum atomic E-state index is 10.9. The maximum Gasteiger partial charge on any atom is 0.317 e. The number of benzene rings is 1. The minimum absolute atomic E-state index is 0. The third-order valence-electron chi connectivity index (χ3n) is 4.89. The fourth-order valence-corrected chi connectivity index (χ4v) is 3.63. The van der Waals surface area contributed by atoms with Crippen LogP contribution in [0.15, 0.2) is 30.3 Å². The van der Waals surface area contributed by atoms with Crippen molar-refractivity contribution < 1.29 is 9.90 Å². The van der Waals surface area contributed by atoms with Crippen molar-refractivity contribution in [3.63, 3.8) is 0 Å². The first kappa shape index (κ1) is 19.6. The summed E-state index contributed by atoms with van der Waals surface area (Å²) in [4.78, 5) is 19.9. The van der Waals surface area contributed by atoms with Crippen LogP contribution >= 0.6 is 12.4 Å². The van der Waals surface area contributed by atoms with Gasteiger partial charge in [-0.2, -0.15) is 0 Å². The third-order valence-corrected chi connectivity index (χ3v) is 4.89. The number of carbonyl (C=O) groups is 1. The number of carboxylic acids is 1. The molecule has 0 amide bonds. The molecule has 2 aromatic rings. The molecule has 25 heavy (non-hydrogen) atoms. The first-order valence-electron chi connectivity index (χ1n) is 8.52. The van der Waals surface area contributed by atoms with Gasteiger partial charge in [0.05, 0.1) is 12.1 Å². The molecule has 0 unspecified atom stereocenters. The van der Waals surface area contributed by atoms with E-state index in [9.17, 15) is 4.79 Å². The number of aryl methyl sites for hydroxylation is 1. The summed E-state index contributed by atoms with van der Waals surface area (Å²) in [5, 5.41) is 10.2. The van der Waals surface area contributed by atoms with Crippen molar-refractivity contribution in [2.24, 2.45) is 0 Å². The Hall–Kier alpha value is -1.69. The average Bonchev–Trinajstić information content (AvgIpc) is 2.54. The van der Waals surface area contributed by atoms with Crippen LogP contribution < -0.4 is 0 Å². The van der Waals surface area contributed by atoms with Gasteiger partial charge in [0.1, 0.15) is 0 Å². The predicted molar refractivity (Wildman–Crippen MR) is 102 cm³/mol. The van der Waals surface area contributed by atoms with Gasteiger partial charge in [-0.15, -0.1) is 12.4 Å². The van der Waals surface area contributed by atoms with Crippen LogP contribution in [-0.4, -0.2) is 58.6 Å². The van der Waals surface area contributed by atoms with Gasteiger partial charge in [0, 0.05) is 23.7 Å². The zero-order valence-electron chi connectivity index (χ0n) is 14.8. The highest BCUT2D eigenvalue weighted by molar-refractivity contribution is 5.85. The Morgan fingerprint density at radius 3 is 2.68 bits per heavy atom. The van der Waals surface area contributed by atoms with Crippen LogP contribution in [0.1, 0.15) is 24.1 Å². The van der Waals surface area contributed by atoms with Crippen LogP contribution in [0, 0.1) is 6.92 Å². The molecule has 1 saturated heterocycles. The number of fused-ring (bicyclic) bond motifs is 1. The second kappa shape index (κ2) is 8.61. The van der Waals surface area contributed by atoms with E-state index in [-0.39, 0.29) is 19.0 Å². The highest BCUT2D eigenvalue weighted by Gasteiger charge is 2.23. The zero-order valence-corrected chi connectivity index (χ0v) is 15.6. The number of likely N-dealkylation sites (tertiary alicyclic amines) is 1. The van der Waals surface area contributed by atoms with Crippen molar-refractivity contribution in [3.8, 4) is 0 Å². The summed E-state index contributed by atoms with van der Waals surface area (Å²) >= 11 is 0. The summed E-state index contributed by atoms with van der Waals surface area (Å²) in [6.07, 6.45) is 2.04. The SMILES string of the molecule is Cc1cc(CN2CCC(N(C)CC(=O)O)CC2)c2ccccc2n1.Cl. The molecule has 1 N–H and O–H groups in total. The fraction of sp³-hybridized carbons (Fsp3) is 0.474.